The molecule has 23 heavy (non-hydrogen) atoms. The lowest BCUT2D eigenvalue weighted by molar-refractivity contribution is -0.00490. The highest BCUT2D eigenvalue weighted by Gasteiger charge is 2.44. The van der Waals surface area contributed by atoms with Crippen molar-refractivity contribution in [2.24, 2.45) is 11.8 Å². The van der Waals surface area contributed by atoms with Crippen LogP contribution in [0, 0.1) is 18.8 Å². The van der Waals surface area contributed by atoms with Crippen molar-refractivity contribution in [3.63, 3.8) is 0 Å². The highest BCUT2D eigenvalue weighted by Crippen LogP contribution is 2.43. The summed E-state index contributed by atoms with van der Waals surface area (Å²) in [6.07, 6.45) is 14.1. The molecular weight excluding hydrogens is 286 g/mol. The molecule has 4 atom stereocenters. The smallest absolute Gasteiger partial charge is 0.0798 e. The maximum absolute atomic E-state index is 5.88. The first-order valence-electron chi connectivity index (χ1n) is 9.52. The van der Waals surface area contributed by atoms with Gasteiger partial charge in [-0.15, -0.1) is 0 Å². The van der Waals surface area contributed by atoms with Gasteiger partial charge in [-0.05, 0) is 50.0 Å². The number of ether oxygens (including phenoxy) is 1. The average Bonchev–Trinajstić information content (AvgIpc) is 3.20. The van der Waals surface area contributed by atoms with Gasteiger partial charge in [-0.2, -0.15) is 5.10 Å². The molecular formula is C19H31N3O. The summed E-state index contributed by atoms with van der Waals surface area (Å²) in [4.78, 5) is 2.82. The first-order valence-corrected chi connectivity index (χ1v) is 9.52. The lowest BCUT2D eigenvalue weighted by Gasteiger charge is -2.37. The van der Waals surface area contributed by atoms with Crippen LogP contribution in [-0.2, 0) is 4.74 Å². The quantitative estimate of drug-likeness (QED) is 0.856. The number of aryl methyl sites for hydroxylation is 1. The molecule has 3 fully saturated rings. The van der Waals surface area contributed by atoms with E-state index in [1.54, 1.807) is 0 Å². The van der Waals surface area contributed by atoms with E-state index >= 15 is 0 Å². The van der Waals surface area contributed by atoms with E-state index in [1.165, 1.54) is 63.6 Å². The molecule has 4 nitrogen and oxygen atoms in total. The zero-order valence-corrected chi connectivity index (χ0v) is 14.7. The molecule has 4 rings (SSSR count). The Labute approximate surface area is 140 Å². The Kier molecular flexibility index (Phi) is 4.46. The van der Waals surface area contributed by atoms with Crippen molar-refractivity contribution in [2.75, 3.05) is 20.2 Å². The van der Waals surface area contributed by atoms with Crippen LogP contribution in [0.15, 0.2) is 12.4 Å². The second-order valence-corrected chi connectivity index (χ2v) is 8.08. The molecule has 0 bridgehead atoms. The van der Waals surface area contributed by atoms with E-state index in [9.17, 15) is 0 Å². The van der Waals surface area contributed by atoms with Crippen LogP contribution in [0.5, 0.6) is 0 Å². The molecule has 2 aliphatic carbocycles. The number of aromatic nitrogens is 2. The number of fused-ring (bicyclic) bond motifs is 1. The van der Waals surface area contributed by atoms with Crippen molar-refractivity contribution >= 4 is 0 Å². The summed E-state index contributed by atoms with van der Waals surface area (Å²) in [7, 11) is 1.88. The molecule has 1 aromatic rings. The monoisotopic (exact) mass is 317 g/mol. The minimum absolute atomic E-state index is 0.321. The number of nitrogens with zero attached hydrogens (tertiary/aromatic N) is 3. The highest BCUT2D eigenvalue weighted by atomic mass is 16.5. The lowest BCUT2D eigenvalue weighted by Crippen LogP contribution is -2.37. The van der Waals surface area contributed by atoms with Gasteiger partial charge in [0.2, 0.25) is 0 Å². The molecule has 128 valence electrons. The zero-order valence-electron chi connectivity index (χ0n) is 14.7. The van der Waals surface area contributed by atoms with E-state index in [1.807, 2.05) is 13.3 Å². The van der Waals surface area contributed by atoms with Crippen LogP contribution in [0.2, 0.25) is 0 Å². The summed E-state index contributed by atoms with van der Waals surface area (Å²) in [5.74, 6) is 1.66. The van der Waals surface area contributed by atoms with Crippen molar-refractivity contribution < 1.29 is 4.74 Å². The second-order valence-electron chi connectivity index (χ2n) is 8.08. The topological polar surface area (TPSA) is 30.3 Å². The van der Waals surface area contributed by atoms with Crippen LogP contribution in [0.4, 0.5) is 0 Å². The normalized spacial score (nSPS) is 36.3. The maximum Gasteiger partial charge on any atom is 0.0798 e. The molecule has 0 aromatic carbocycles. The number of hydrogen-bond donors (Lipinski definition) is 0. The molecule has 1 aliphatic heterocycles. The Morgan fingerprint density at radius 2 is 1.83 bits per heavy atom. The van der Waals surface area contributed by atoms with Crippen LogP contribution in [0.3, 0.4) is 0 Å². The van der Waals surface area contributed by atoms with Gasteiger partial charge in [-0.25, -0.2) is 0 Å². The summed E-state index contributed by atoms with van der Waals surface area (Å²) < 4.78 is 8.05. The predicted molar refractivity (Wildman–Crippen MR) is 91.5 cm³/mol. The first-order chi connectivity index (χ1) is 11.2. The van der Waals surface area contributed by atoms with Crippen LogP contribution < -0.4 is 0 Å². The average molecular weight is 317 g/mol. The van der Waals surface area contributed by atoms with Crippen LogP contribution in [0.1, 0.15) is 56.6 Å². The second kappa shape index (κ2) is 6.56. The summed E-state index contributed by atoms with van der Waals surface area (Å²) in [6, 6.07) is 1.28. The van der Waals surface area contributed by atoms with Gasteiger partial charge in [-0.1, -0.05) is 19.3 Å². The van der Waals surface area contributed by atoms with E-state index in [4.69, 9.17) is 4.74 Å². The van der Waals surface area contributed by atoms with E-state index in [2.05, 4.69) is 27.8 Å². The van der Waals surface area contributed by atoms with E-state index in [0.717, 1.165) is 17.9 Å². The van der Waals surface area contributed by atoms with Gasteiger partial charge < -0.3 is 4.74 Å². The third kappa shape index (κ3) is 3.08. The van der Waals surface area contributed by atoms with E-state index < -0.39 is 0 Å². The van der Waals surface area contributed by atoms with Gasteiger partial charge in [0.1, 0.15) is 0 Å². The third-order valence-corrected chi connectivity index (χ3v) is 6.58. The molecule has 0 unspecified atom stereocenters. The zero-order chi connectivity index (χ0) is 15.8. The fourth-order valence-corrected chi connectivity index (χ4v) is 5.32. The standard InChI is InChI=1S/C19H31N3O/c1-14-10-20-22(11-14)18-8-15-12-21(17-6-4-3-5-7-17)13-16(15)9-19(18)23-2/h10-11,15-19H,3-9,12-13H2,1-2H3/t15-,16+,18-,19-/m0/s1. The summed E-state index contributed by atoms with van der Waals surface area (Å²) in [5, 5.41) is 4.58. The molecule has 3 aliphatic rings. The van der Waals surface area contributed by atoms with Crippen molar-refractivity contribution in [3.8, 4) is 0 Å². The maximum atomic E-state index is 5.88. The number of methoxy groups -OCH3 is 1. The molecule has 4 heteroatoms. The number of hydrogen-bond acceptors (Lipinski definition) is 3. The summed E-state index contributed by atoms with van der Waals surface area (Å²) in [5.41, 5.74) is 1.25. The van der Waals surface area contributed by atoms with Gasteiger partial charge in [-0.3, -0.25) is 9.58 Å². The summed E-state index contributed by atoms with van der Waals surface area (Å²) >= 11 is 0. The Balaban J connectivity index is 1.46. The van der Waals surface area contributed by atoms with Crippen LogP contribution in [0.25, 0.3) is 0 Å². The fraction of sp³-hybridized carbons (Fsp3) is 0.842. The molecule has 0 radical (unpaired) electrons. The highest BCUT2D eigenvalue weighted by molar-refractivity contribution is 5.03. The number of likely N-dealkylation sites (tertiary alicyclic amines) is 1. The van der Waals surface area contributed by atoms with E-state index in [-0.39, 0.29) is 0 Å². The largest absolute Gasteiger partial charge is 0.379 e. The molecule has 1 saturated heterocycles. The van der Waals surface area contributed by atoms with Gasteiger partial charge in [0.25, 0.3) is 0 Å². The van der Waals surface area contributed by atoms with E-state index in [0.29, 0.717) is 12.1 Å². The minimum atomic E-state index is 0.321. The lowest BCUT2D eigenvalue weighted by atomic mass is 9.77. The Bertz CT molecular complexity index is 522. The SMILES string of the molecule is CO[C@H]1C[C@@H]2CN(C3CCCCC3)C[C@@H]2C[C@@H]1n1cc(C)cn1. The Morgan fingerprint density at radius 3 is 2.48 bits per heavy atom. The molecule has 2 saturated carbocycles. The molecule has 1 aromatic heterocycles. The van der Waals surface area contributed by atoms with Gasteiger partial charge in [0, 0.05) is 32.4 Å². The van der Waals surface area contributed by atoms with Crippen molar-refractivity contribution in [2.45, 2.75) is 70.1 Å². The van der Waals surface area contributed by atoms with Crippen molar-refractivity contribution in [1.29, 1.82) is 0 Å². The van der Waals surface area contributed by atoms with Gasteiger partial charge in [0.05, 0.1) is 18.3 Å². The fourth-order valence-electron chi connectivity index (χ4n) is 5.32. The Morgan fingerprint density at radius 1 is 1.09 bits per heavy atom. The van der Waals surface area contributed by atoms with Gasteiger partial charge in [0.15, 0.2) is 0 Å². The molecule has 2 heterocycles. The van der Waals surface area contributed by atoms with Crippen molar-refractivity contribution in [1.82, 2.24) is 14.7 Å². The van der Waals surface area contributed by atoms with Crippen LogP contribution in [-0.4, -0.2) is 47.0 Å². The van der Waals surface area contributed by atoms with Crippen molar-refractivity contribution in [3.05, 3.63) is 18.0 Å². The third-order valence-electron chi connectivity index (χ3n) is 6.58. The summed E-state index contributed by atoms with van der Waals surface area (Å²) in [6.45, 7) is 4.74. The molecule has 0 N–H and O–H groups in total. The Hall–Kier alpha value is -0.870. The predicted octanol–water partition coefficient (Wildman–Crippen LogP) is 3.42. The molecule has 0 amide bonds. The van der Waals surface area contributed by atoms with Gasteiger partial charge >= 0.3 is 0 Å². The number of rotatable bonds is 3. The first kappa shape index (κ1) is 15.6. The molecule has 0 spiro atoms. The van der Waals surface area contributed by atoms with Crippen LogP contribution >= 0.6 is 0 Å². The minimum Gasteiger partial charge on any atom is -0.379 e.